The second-order valence-electron chi connectivity index (χ2n) is 5.65. The molecule has 1 aliphatic heterocycles. The van der Waals surface area contributed by atoms with E-state index in [-0.39, 0.29) is 12.5 Å². The van der Waals surface area contributed by atoms with Crippen molar-refractivity contribution < 1.29 is 9.53 Å². The number of halogens is 1. The Labute approximate surface area is 122 Å². The molecule has 2 N–H and O–H groups in total. The molecular formula is C15H15ClN2O2. The van der Waals surface area contributed by atoms with Crippen LogP contribution in [0.5, 0.6) is 5.75 Å². The third-order valence-corrected chi connectivity index (χ3v) is 4.72. The molecule has 1 aromatic rings. The molecule has 4 rings (SSSR count). The number of hydrogen-bond acceptors (Lipinski definition) is 3. The number of ether oxygens (including phenoxy) is 1. The highest BCUT2D eigenvalue weighted by molar-refractivity contribution is 6.33. The van der Waals surface area contributed by atoms with Crippen LogP contribution in [0.15, 0.2) is 24.3 Å². The lowest BCUT2D eigenvalue weighted by Crippen LogP contribution is -2.43. The van der Waals surface area contributed by atoms with Crippen LogP contribution >= 0.6 is 11.6 Å². The lowest BCUT2D eigenvalue weighted by Gasteiger charge is -2.41. The van der Waals surface area contributed by atoms with E-state index in [2.05, 4.69) is 22.8 Å². The van der Waals surface area contributed by atoms with E-state index in [0.717, 1.165) is 11.6 Å². The zero-order chi connectivity index (χ0) is 13.7. The number of anilines is 2. The molecule has 0 radical (unpaired) electrons. The average molecular weight is 291 g/mol. The minimum atomic E-state index is -0.146. The maximum absolute atomic E-state index is 11.3. The predicted molar refractivity (Wildman–Crippen MR) is 78.3 cm³/mol. The van der Waals surface area contributed by atoms with E-state index in [1.54, 1.807) is 6.07 Å². The Kier molecular flexibility index (Phi) is 2.67. The summed E-state index contributed by atoms with van der Waals surface area (Å²) in [6.07, 6.45) is 6.96. The molecule has 3 atom stereocenters. The Morgan fingerprint density at radius 2 is 2.30 bits per heavy atom. The fraction of sp³-hybridized carbons (Fsp3) is 0.400. The summed E-state index contributed by atoms with van der Waals surface area (Å²) >= 11 is 6.29. The smallest absolute Gasteiger partial charge is 0.262 e. The third-order valence-electron chi connectivity index (χ3n) is 4.41. The van der Waals surface area contributed by atoms with Crippen molar-refractivity contribution >= 4 is 28.9 Å². The van der Waals surface area contributed by atoms with Crippen molar-refractivity contribution in [3.63, 3.8) is 0 Å². The molecule has 3 aliphatic rings. The first kappa shape index (κ1) is 12.1. The first-order valence-corrected chi connectivity index (χ1v) is 7.28. The van der Waals surface area contributed by atoms with Crippen LogP contribution in [-0.4, -0.2) is 18.6 Å². The Balaban J connectivity index is 1.56. The van der Waals surface area contributed by atoms with Gasteiger partial charge in [0, 0.05) is 18.0 Å². The first-order valence-electron chi connectivity index (χ1n) is 6.90. The van der Waals surface area contributed by atoms with Gasteiger partial charge in [-0.25, -0.2) is 0 Å². The molecule has 0 bridgehead atoms. The summed E-state index contributed by atoms with van der Waals surface area (Å²) in [5.74, 6) is 1.96. The number of allylic oxidation sites excluding steroid dienone is 1. The Morgan fingerprint density at radius 1 is 1.40 bits per heavy atom. The van der Waals surface area contributed by atoms with Gasteiger partial charge in [0.05, 0.1) is 16.4 Å². The maximum Gasteiger partial charge on any atom is 0.262 e. The number of hydrogen-bond donors (Lipinski definition) is 2. The van der Waals surface area contributed by atoms with E-state index < -0.39 is 0 Å². The van der Waals surface area contributed by atoms with Crippen LogP contribution in [0, 0.1) is 11.8 Å². The van der Waals surface area contributed by atoms with Crippen molar-refractivity contribution in [2.45, 2.75) is 18.9 Å². The quantitative estimate of drug-likeness (QED) is 0.823. The molecule has 5 heteroatoms. The molecule has 1 saturated carbocycles. The van der Waals surface area contributed by atoms with Crippen molar-refractivity contribution in [3.8, 4) is 5.75 Å². The maximum atomic E-state index is 11.3. The third kappa shape index (κ3) is 1.86. The molecule has 2 aliphatic carbocycles. The summed E-state index contributed by atoms with van der Waals surface area (Å²) in [5, 5.41) is 6.87. The molecule has 0 spiro atoms. The van der Waals surface area contributed by atoms with Crippen molar-refractivity contribution in [3.05, 3.63) is 29.3 Å². The van der Waals surface area contributed by atoms with Crippen LogP contribution in [0.25, 0.3) is 0 Å². The van der Waals surface area contributed by atoms with Gasteiger partial charge in [0.2, 0.25) is 0 Å². The zero-order valence-corrected chi connectivity index (χ0v) is 11.6. The second kappa shape index (κ2) is 4.42. The van der Waals surface area contributed by atoms with E-state index in [0.29, 0.717) is 28.4 Å². The van der Waals surface area contributed by atoms with E-state index in [1.807, 2.05) is 6.07 Å². The number of carbonyl (C=O) groups is 1. The monoisotopic (exact) mass is 290 g/mol. The number of benzene rings is 1. The van der Waals surface area contributed by atoms with Gasteiger partial charge in [-0.15, -0.1) is 0 Å². The number of amides is 1. The highest BCUT2D eigenvalue weighted by atomic mass is 35.5. The van der Waals surface area contributed by atoms with Crippen LogP contribution < -0.4 is 15.4 Å². The molecule has 4 nitrogen and oxygen atoms in total. The zero-order valence-electron chi connectivity index (χ0n) is 10.9. The van der Waals surface area contributed by atoms with E-state index in [4.69, 9.17) is 16.3 Å². The standard InChI is InChI=1S/C15H15ClN2O2/c16-10-5-13-14(20-7-15(19)18-13)6-12(10)17-11-4-8-2-1-3-9(8)11/h1,3,5-6,8-9,11,17H,2,4,7H2,(H,18,19). The predicted octanol–water partition coefficient (Wildman–Crippen LogP) is 3.05. The number of fused-ring (bicyclic) bond motifs is 2. The topological polar surface area (TPSA) is 50.4 Å². The van der Waals surface area contributed by atoms with Crippen molar-refractivity contribution in [1.82, 2.24) is 0 Å². The number of nitrogens with one attached hydrogen (secondary N) is 2. The number of carbonyl (C=O) groups excluding carboxylic acids is 1. The van der Waals surface area contributed by atoms with Crippen LogP contribution in [0.1, 0.15) is 12.8 Å². The second-order valence-corrected chi connectivity index (χ2v) is 6.06. The lowest BCUT2D eigenvalue weighted by molar-refractivity contribution is -0.118. The first-order chi connectivity index (χ1) is 9.70. The van der Waals surface area contributed by atoms with Crippen LogP contribution in [0.2, 0.25) is 5.02 Å². The molecule has 20 heavy (non-hydrogen) atoms. The van der Waals surface area contributed by atoms with Gasteiger partial charge in [-0.05, 0) is 24.8 Å². The average Bonchev–Trinajstić information content (AvgIpc) is 2.77. The Hall–Kier alpha value is -1.68. The van der Waals surface area contributed by atoms with Crippen LogP contribution in [0.4, 0.5) is 11.4 Å². The van der Waals surface area contributed by atoms with Gasteiger partial charge in [0.1, 0.15) is 5.75 Å². The molecule has 1 aromatic carbocycles. The largest absolute Gasteiger partial charge is 0.482 e. The summed E-state index contributed by atoms with van der Waals surface area (Å²) in [6.45, 7) is 0.0605. The normalized spacial score (nSPS) is 29.9. The minimum Gasteiger partial charge on any atom is -0.482 e. The van der Waals surface area contributed by atoms with Crippen molar-refractivity contribution in [1.29, 1.82) is 0 Å². The molecule has 104 valence electrons. The Bertz CT molecular complexity index is 614. The van der Waals surface area contributed by atoms with Crippen LogP contribution in [-0.2, 0) is 4.79 Å². The fourth-order valence-corrected chi connectivity index (χ4v) is 3.51. The fourth-order valence-electron chi connectivity index (χ4n) is 3.29. The van der Waals surface area contributed by atoms with Crippen LogP contribution in [0.3, 0.4) is 0 Å². The molecule has 1 heterocycles. The van der Waals surface area contributed by atoms with Gasteiger partial charge >= 0.3 is 0 Å². The van der Waals surface area contributed by atoms with Gasteiger partial charge in [-0.1, -0.05) is 23.8 Å². The highest BCUT2D eigenvalue weighted by Gasteiger charge is 2.41. The molecule has 1 amide bonds. The molecule has 0 saturated heterocycles. The summed E-state index contributed by atoms with van der Waals surface area (Å²) in [6, 6.07) is 4.08. The van der Waals surface area contributed by atoms with Gasteiger partial charge in [-0.3, -0.25) is 4.79 Å². The lowest BCUT2D eigenvalue weighted by atomic mass is 9.71. The van der Waals surface area contributed by atoms with Gasteiger partial charge in [-0.2, -0.15) is 0 Å². The van der Waals surface area contributed by atoms with E-state index in [1.165, 1.54) is 12.8 Å². The summed E-state index contributed by atoms with van der Waals surface area (Å²) in [4.78, 5) is 11.3. The minimum absolute atomic E-state index is 0.0605. The highest BCUT2D eigenvalue weighted by Crippen LogP contribution is 2.45. The molecule has 3 unspecified atom stereocenters. The van der Waals surface area contributed by atoms with E-state index in [9.17, 15) is 4.79 Å². The Morgan fingerprint density at radius 3 is 3.15 bits per heavy atom. The summed E-state index contributed by atoms with van der Waals surface area (Å²) in [5.41, 5.74) is 1.52. The van der Waals surface area contributed by atoms with E-state index >= 15 is 0 Å². The SMILES string of the molecule is O=C1COc2cc(NC3CC4CC=CC43)c(Cl)cc2N1. The molecule has 0 aromatic heterocycles. The molecular weight excluding hydrogens is 276 g/mol. The van der Waals surface area contributed by atoms with Gasteiger partial charge in [0.25, 0.3) is 5.91 Å². The van der Waals surface area contributed by atoms with Gasteiger partial charge < -0.3 is 15.4 Å². The van der Waals surface area contributed by atoms with Crippen molar-refractivity contribution in [2.24, 2.45) is 11.8 Å². The van der Waals surface area contributed by atoms with Crippen molar-refractivity contribution in [2.75, 3.05) is 17.2 Å². The number of rotatable bonds is 2. The summed E-state index contributed by atoms with van der Waals surface area (Å²) < 4.78 is 5.43. The summed E-state index contributed by atoms with van der Waals surface area (Å²) in [7, 11) is 0. The van der Waals surface area contributed by atoms with Gasteiger partial charge in [0.15, 0.2) is 6.61 Å². The molecule has 1 fully saturated rings.